The fourth-order valence-corrected chi connectivity index (χ4v) is 10.9. The summed E-state index contributed by atoms with van der Waals surface area (Å²) >= 11 is 3.45. The summed E-state index contributed by atoms with van der Waals surface area (Å²) in [4.78, 5) is 28.7. The molecule has 3 aromatic rings. The van der Waals surface area contributed by atoms with Crippen molar-refractivity contribution in [3.8, 4) is 0 Å². The van der Waals surface area contributed by atoms with Gasteiger partial charge in [0, 0.05) is 9.79 Å². The van der Waals surface area contributed by atoms with Gasteiger partial charge in [-0.25, -0.2) is 19.3 Å². The van der Waals surface area contributed by atoms with Gasteiger partial charge in [-0.1, -0.05) is 101 Å². The zero-order valence-corrected chi connectivity index (χ0v) is 32.7. The molecule has 2 saturated carbocycles. The van der Waals surface area contributed by atoms with E-state index in [1.54, 1.807) is 28.1 Å². The van der Waals surface area contributed by atoms with Gasteiger partial charge < -0.3 is 4.74 Å². The van der Waals surface area contributed by atoms with E-state index in [1.165, 1.54) is 114 Å². The lowest BCUT2D eigenvalue weighted by Gasteiger charge is -2.29. The van der Waals surface area contributed by atoms with Crippen molar-refractivity contribution in [3.63, 3.8) is 0 Å². The fraction of sp³-hybridized carbons (Fsp3) is 0.605. The number of ether oxygens (including phenoxy) is 1. The maximum Gasteiger partial charge on any atom is 0.422 e. The van der Waals surface area contributed by atoms with Crippen LogP contribution in [-0.4, -0.2) is 16.3 Å². The van der Waals surface area contributed by atoms with Crippen LogP contribution in [0.2, 0.25) is 0 Å². The molecule has 5 nitrogen and oxygen atoms in total. The molecule has 0 atom stereocenters. The van der Waals surface area contributed by atoms with Crippen LogP contribution in [0.1, 0.15) is 160 Å². The van der Waals surface area contributed by atoms with Gasteiger partial charge in [0.25, 0.3) is 0 Å². The van der Waals surface area contributed by atoms with Gasteiger partial charge in [-0.15, -0.1) is 0 Å². The lowest BCUT2D eigenvalue weighted by Crippen LogP contribution is -2.39. The molecule has 4 aliphatic rings. The van der Waals surface area contributed by atoms with E-state index in [-0.39, 0.29) is 0 Å². The second-order valence-electron chi connectivity index (χ2n) is 16.4. The lowest BCUT2D eigenvalue weighted by molar-refractivity contribution is 0.0523. The highest BCUT2D eigenvalue weighted by Crippen LogP contribution is 2.48. The summed E-state index contributed by atoms with van der Waals surface area (Å²) in [6, 6.07) is 13.8. The fourth-order valence-electron chi connectivity index (χ4n) is 8.68. The van der Waals surface area contributed by atoms with Crippen LogP contribution in [0.5, 0.6) is 0 Å². The van der Waals surface area contributed by atoms with E-state index < -0.39 is 11.7 Å². The van der Waals surface area contributed by atoms with E-state index in [0.717, 1.165) is 42.8 Å². The molecule has 50 heavy (non-hydrogen) atoms. The highest BCUT2D eigenvalue weighted by atomic mass is 32.2. The Kier molecular flexibility index (Phi) is 11.2. The maximum atomic E-state index is 14.0. The Morgan fingerprint density at radius 2 is 1.14 bits per heavy atom. The van der Waals surface area contributed by atoms with E-state index >= 15 is 0 Å². The number of carbonyl (C=O) groups is 1. The summed E-state index contributed by atoms with van der Waals surface area (Å²) in [5.74, 6) is 2.94. The first kappa shape index (κ1) is 35.9. The summed E-state index contributed by atoms with van der Waals surface area (Å²) in [5.41, 5.74) is 5.37. The molecule has 1 aromatic heterocycles. The topological polar surface area (TPSA) is 56.0 Å². The zero-order chi connectivity index (χ0) is 34.8. The van der Waals surface area contributed by atoms with Crippen LogP contribution >= 0.6 is 23.5 Å². The summed E-state index contributed by atoms with van der Waals surface area (Å²) in [7, 11) is 0. The molecular weight excluding hydrogens is 655 g/mol. The molecule has 2 aromatic carbocycles. The number of carbonyl (C=O) groups excluding carboxylic acids is 1. The third-order valence-electron chi connectivity index (χ3n) is 11.5. The van der Waals surface area contributed by atoms with Crippen LogP contribution in [0.3, 0.4) is 0 Å². The molecule has 0 spiro atoms. The van der Waals surface area contributed by atoms with Crippen LogP contribution in [0, 0.1) is 11.8 Å². The van der Waals surface area contributed by atoms with Crippen molar-refractivity contribution in [3.05, 3.63) is 58.5 Å². The van der Waals surface area contributed by atoms with Gasteiger partial charge in [0.2, 0.25) is 0 Å². The molecule has 2 aliphatic heterocycles. The Hall–Kier alpha value is -2.51. The van der Waals surface area contributed by atoms with Gasteiger partial charge in [0.05, 0.1) is 21.2 Å². The minimum atomic E-state index is -0.633. The van der Waals surface area contributed by atoms with Crippen molar-refractivity contribution in [2.24, 2.45) is 21.8 Å². The third kappa shape index (κ3) is 7.94. The quantitative estimate of drug-likeness (QED) is 0.135. The highest BCUT2D eigenvalue weighted by Gasteiger charge is 2.32. The average molecular weight is 712 g/mol. The van der Waals surface area contributed by atoms with Crippen molar-refractivity contribution in [2.45, 2.75) is 174 Å². The van der Waals surface area contributed by atoms with Crippen molar-refractivity contribution in [2.75, 3.05) is 0 Å². The largest absolute Gasteiger partial charge is 0.443 e. The number of benzene rings is 2. The van der Waals surface area contributed by atoms with E-state index in [2.05, 4.69) is 50.2 Å². The molecule has 0 saturated heterocycles. The minimum Gasteiger partial charge on any atom is -0.443 e. The number of aromatic nitrogens is 1. The molecule has 0 bridgehead atoms. The highest BCUT2D eigenvalue weighted by molar-refractivity contribution is 8.02. The first-order chi connectivity index (χ1) is 24.2. The predicted molar refractivity (Wildman–Crippen MR) is 207 cm³/mol. The normalized spacial score (nSPS) is 22.7. The van der Waals surface area contributed by atoms with Gasteiger partial charge >= 0.3 is 6.09 Å². The lowest BCUT2D eigenvalue weighted by atomic mass is 9.77. The molecule has 0 radical (unpaired) electrons. The third-order valence-corrected chi connectivity index (χ3v) is 14.0. The van der Waals surface area contributed by atoms with Gasteiger partial charge in [0.1, 0.15) is 5.60 Å². The molecule has 2 fully saturated rings. The number of nitrogens with zero attached hydrogens (tertiary/aromatic N) is 3. The van der Waals surface area contributed by atoms with E-state index in [4.69, 9.17) is 14.7 Å². The monoisotopic (exact) mass is 711 g/mol. The number of rotatable bonds is 10. The van der Waals surface area contributed by atoms with Gasteiger partial charge in [-0.3, -0.25) is 0 Å². The van der Waals surface area contributed by atoms with Crippen molar-refractivity contribution < 1.29 is 9.53 Å². The van der Waals surface area contributed by atoms with Crippen molar-refractivity contribution in [1.29, 1.82) is 0 Å². The summed E-state index contributed by atoms with van der Waals surface area (Å²) in [6.07, 6.45) is 20.8. The number of hydrogen-bond donors (Lipinski definition) is 0. The zero-order valence-electron chi connectivity index (χ0n) is 31.1. The van der Waals surface area contributed by atoms with Crippen LogP contribution < -0.4 is 11.0 Å². The molecule has 0 unspecified atom stereocenters. The first-order valence-electron chi connectivity index (χ1n) is 19.8. The van der Waals surface area contributed by atoms with Crippen LogP contribution in [-0.2, 0) is 4.74 Å². The Morgan fingerprint density at radius 1 is 0.700 bits per heavy atom. The number of unbranched alkanes of at least 4 members (excludes halogenated alkanes) is 4. The molecule has 0 N–H and O–H groups in total. The molecule has 0 amide bonds. The standard InChI is InChI=1S/C43H57N3O2S2/c1-6-8-10-12-28-14-18-30(19-15-28)32-22-24-36-34(26-32)44-40-38(49-36)39-41(46(40)42(47)48-43(3,4)5)45-35-27-33(23-25-37(35)50-39)31-20-16-29(17-21-31)13-11-9-7-2/h22-31H,6-21H2,1-5H3. The SMILES string of the molecule is CCCCCC1CCC(c2ccc3c(c2)N=c2c(c4c(n2C(=O)OC(C)(C)C)=Nc2cc(C5CCC(CCCCC)CC5)ccc2S4)S3)CC1. The van der Waals surface area contributed by atoms with Gasteiger partial charge in [-0.05, 0) is 131 Å². The maximum absolute atomic E-state index is 14.0. The molecule has 7 heteroatoms. The average Bonchev–Trinajstić information content (AvgIpc) is 3.41. The number of hydrogen-bond acceptors (Lipinski definition) is 6. The molecule has 2 aliphatic carbocycles. The summed E-state index contributed by atoms with van der Waals surface area (Å²) < 4.78 is 7.66. The Labute approximate surface area is 308 Å². The van der Waals surface area contributed by atoms with Crippen molar-refractivity contribution in [1.82, 2.24) is 4.57 Å². The Morgan fingerprint density at radius 3 is 1.54 bits per heavy atom. The second kappa shape index (κ2) is 15.6. The van der Waals surface area contributed by atoms with Crippen LogP contribution in [0.4, 0.5) is 16.2 Å². The van der Waals surface area contributed by atoms with E-state index in [9.17, 15) is 4.79 Å². The predicted octanol–water partition coefficient (Wildman–Crippen LogP) is 12.8. The Balaban J connectivity index is 1.18. The molecule has 7 rings (SSSR count). The van der Waals surface area contributed by atoms with Crippen molar-refractivity contribution >= 4 is 41.0 Å². The smallest absolute Gasteiger partial charge is 0.422 e. The Bertz CT molecular complexity index is 1690. The summed E-state index contributed by atoms with van der Waals surface area (Å²) in [5, 5.41) is 0. The van der Waals surface area contributed by atoms with E-state index in [0.29, 0.717) is 22.8 Å². The molecule has 268 valence electrons. The van der Waals surface area contributed by atoms with Crippen LogP contribution in [0.25, 0.3) is 0 Å². The van der Waals surface area contributed by atoms with Gasteiger partial charge in [0.15, 0.2) is 11.0 Å². The summed E-state index contributed by atoms with van der Waals surface area (Å²) in [6.45, 7) is 10.4. The molecular formula is C43H57N3O2S2. The van der Waals surface area contributed by atoms with Crippen LogP contribution in [0.15, 0.2) is 66.0 Å². The van der Waals surface area contributed by atoms with Gasteiger partial charge in [-0.2, -0.15) is 0 Å². The molecule has 3 heterocycles. The first-order valence-corrected chi connectivity index (χ1v) is 21.4. The number of fused-ring (bicyclic) bond motifs is 5. The second-order valence-corrected chi connectivity index (χ2v) is 18.5. The van der Waals surface area contributed by atoms with E-state index in [1.807, 2.05) is 20.8 Å². The minimum absolute atomic E-state index is 0.411.